The standard InChI is InChI=1S/C18H26N2S/c1-4-6-11-20-14-17(21-12-7-5-2)18(15(20)3)16-9-8-10-19-13-16/h8-10,13-14H,4-7,11-12H2,1-3H3. The van der Waals surface area contributed by atoms with Crippen LogP contribution in [0.3, 0.4) is 0 Å². The number of hydrogen-bond donors (Lipinski definition) is 0. The summed E-state index contributed by atoms with van der Waals surface area (Å²) in [5.41, 5.74) is 3.99. The van der Waals surface area contributed by atoms with Crippen molar-refractivity contribution in [3.63, 3.8) is 0 Å². The highest BCUT2D eigenvalue weighted by atomic mass is 32.2. The molecule has 0 bridgehead atoms. The Bertz CT molecular complexity index is 546. The van der Waals surface area contributed by atoms with Crippen molar-refractivity contribution >= 4 is 11.8 Å². The zero-order valence-corrected chi connectivity index (χ0v) is 14.2. The van der Waals surface area contributed by atoms with Crippen LogP contribution in [0.2, 0.25) is 0 Å². The van der Waals surface area contributed by atoms with Gasteiger partial charge in [-0.2, -0.15) is 0 Å². The van der Waals surface area contributed by atoms with Gasteiger partial charge in [0.1, 0.15) is 0 Å². The molecule has 0 aliphatic heterocycles. The smallest absolute Gasteiger partial charge is 0.0347 e. The fourth-order valence-corrected chi connectivity index (χ4v) is 3.75. The molecule has 2 aromatic rings. The van der Waals surface area contributed by atoms with Crippen molar-refractivity contribution in [2.75, 3.05) is 5.75 Å². The van der Waals surface area contributed by atoms with E-state index < -0.39 is 0 Å². The second-order valence-corrected chi connectivity index (χ2v) is 6.58. The van der Waals surface area contributed by atoms with E-state index in [1.807, 2.05) is 30.2 Å². The molecule has 0 atom stereocenters. The fraction of sp³-hybridized carbons (Fsp3) is 0.500. The quantitative estimate of drug-likeness (QED) is 0.470. The first-order chi connectivity index (χ1) is 10.3. The summed E-state index contributed by atoms with van der Waals surface area (Å²) in [5.74, 6) is 1.20. The predicted molar refractivity (Wildman–Crippen MR) is 92.9 cm³/mol. The van der Waals surface area contributed by atoms with Gasteiger partial charge in [0, 0.05) is 46.9 Å². The summed E-state index contributed by atoms with van der Waals surface area (Å²) in [5, 5.41) is 0. The van der Waals surface area contributed by atoms with Crippen LogP contribution < -0.4 is 0 Å². The van der Waals surface area contributed by atoms with E-state index in [0.29, 0.717) is 0 Å². The monoisotopic (exact) mass is 302 g/mol. The lowest BCUT2D eigenvalue weighted by Gasteiger charge is -2.07. The minimum absolute atomic E-state index is 1.12. The maximum Gasteiger partial charge on any atom is 0.0347 e. The molecule has 0 unspecified atom stereocenters. The van der Waals surface area contributed by atoms with Crippen molar-refractivity contribution in [1.29, 1.82) is 0 Å². The molecule has 2 nitrogen and oxygen atoms in total. The van der Waals surface area contributed by atoms with Crippen molar-refractivity contribution in [3.8, 4) is 11.1 Å². The Morgan fingerprint density at radius 1 is 1.19 bits per heavy atom. The lowest BCUT2D eigenvalue weighted by Crippen LogP contribution is -1.98. The molecule has 0 aliphatic rings. The molecule has 0 aliphatic carbocycles. The van der Waals surface area contributed by atoms with Crippen molar-refractivity contribution in [2.24, 2.45) is 0 Å². The summed E-state index contributed by atoms with van der Waals surface area (Å²) in [6, 6.07) is 4.20. The topological polar surface area (TPSA) is 17.8 Å². The zero-order chi connectivity index (χ0) is 15.1. The molecule has 21 heavy (non-hydrogen) atoms. The van der Waals surface area contributed by atoms with Crippen LogP contribution in [0.5, 0.6) is 0 Å². The summed E-state index contributed by atoms with van der Waals surface area (Å²) < 4.78 is 2.42. The van der Waals surface area contributed by atoms with E-state index >= 15 is 0 Å². The van der Waals surface area contributed by atoms with Crippen LogP contribution in [0.15, 0.2) is 35.6 Å². The van der Waals surface area contributed by atoms with Gasteiger partial charge in [0.25, 0.3) is 0 Å². The third-order valence-corrected chi connectivity index (χ3v) is 4.88. The molecular formula is C18H26N2S. The molecule has 0 amide bonds. The Hall–Kier alpha value is -1.22. The fourth-order valence-electron chi connectivity index (χ4n) is 2.48. The third-order valence-electron chi connectivity index (χ3n) is 3.77. The summed E-state index contributed by atoms with van der Waals surface area (Å²) in [6.07, 6.45) is 11.2. The second kappa shape index (κ2) is 8.28. The van der Waals surface area contributed by atoms with Crippen LogP contribution in [0.1, 0.15) is 45.2 Å². The van der Waals surface area contributed by atoms with Crippen LogP contribution in [0.4, 0.5) is 0 Å². The Labute approximate surface area is 133 Å². The Balaban J connectivity index is 2.32. The Morgan fingerprint density at radius 2 is 2.00 bits per heavy atom. The molecule has 2 aromatic heterocycles. The summed E-state index contributed by atoms with van der Waals surface area (Å²) >= 11 is 1.99. The molecule has 3 heteroatoms. The van der Waals surface area contributed by atoms with E-state index in [4.69, 9.17) is 0 Å². The van der Waals surface area contributed by atoms with Crippen molar-refractivity contribution in [1.82, 2.24) is 9.55 Å². The van der Waals surface area contributed by atoms with E-state index in [2.05, 4.69) is 42.6 Å². The number of pyridine rings is 1. The van der Waals surface area contributed by atoms with Gasteiger partial charge in [-0.1, -0.05) is 32.8 Å². The first kappa shape index (κ1) is 16.2. The molecule has 2 rings (SSSR count). The highest BCUT2D eigenvalue weighted by Crippen LogP contribution is 2.36. The molecule has 2 heterocycles. The van der Waals surface area contributed by atoms with Crippen LogP contribution in [-0.4, -0.2) is 15.3 Å². The molecule has 0 spiro atoms. The first-order valence-electron chi connectivity index (χ1n) is 8.00. The summed E-state index contributed by atoms with van der Waals surface area (Å²) in [4.78, 5) is 5.70. The summed E-state index contributed by atoms with van der Waals surface area (Å²) in [6.45, 7) is 7.85. The molecule has 0 fully saturated rings. The normalized spacial score (nSPS) is 11.0. The van der Waals surface area contributed by atoms with E-state index in [-0.39, 0.29) is 0 Å². The second-order valence-electron chi connectivity index (χ2n) is 5.44. The number of aryl methyl sites for hydroxylation is 1. The van der Waals surface area contributed by atoms with Gasteiger partial charge in [-0.05, 0) is 31.6 Å². The van der Waals surface area contributed by atoms with Crippen LogP contribution in [0.25, 0.3) is 11.1 Å². The van der Waals surface area contributed by atoms with Crippen LogP contribution in [-0.2, 0) is 6.54 Å². The maximum atomic E-state index is 4.29. The van der Waals surface area contributed by atoms with Gasteiger partial charge in [-0.3, -0.25) is 4.98 Å². The molecule has 0 saturated carbocycles. The van der Waals surface area contributed by atoms with Crippen LogP contribution in [0, 0.1) is 6.92 Å². The Morgan fingerprint density at radius 3 is 2.67 bits per heavy atom. The largest absolute Gasteiger partial charge is 0.350 e. The average molecular weight is 302 g/mol. The Kier molecular flexibility index (Phi) is 6.37. The maximum absolute atomic E-state index is 4.29. The minimum Gasteiger partial charge on any atom is -0.350 e. The van der Waals surface area contributed by atoms with Gasteiger partial charge in [0.15, 0.2) is 0 Å². The predicted octanol–water partition coefficient (Wildman–Crippen LogP) is 5.55. The van der Waals surface area contributed by atoms with Gasteiger partial charge in [-0.15, -0.1) is 11.8 Å². The van der Waals surface area contributed by atoms with E-state index in [9.17, 15) is 0 Å². The summed E-state index contributed by atoms with van der Waals surface area (Å²) in [7, 11) is 0. The molecule has 114 valence electrons. The number of nitrogens with zero attached hydrogens (tertiary/aromatic N) is 2. The van der Waals surface area contributed by atoms with Crippen molar-refractivity contribution in [3.05, 3.63) is 36.4 Å². The van der Waals surface area contributed by atoms with Gasteiger partial charge in [-0.25, -0.2) is 0 Å². The highest BCUT2D eigenvalue weighted by Gasteiger charge is 2.14. The molecule has 0 radical (unpaired) electrons. The van der Waals surface area contributed by atoms with E-state index in [1.165, 1.54) is 53.2 Å². The molecule has 0 saturated heterocycles. The van der Waals surface area contributed by atoms with E-state index in [0.717, 1.165) is 6.54 Å². The molecule has 0 aromatic carbocycles. The van der Waals surface area contributed by atoms with Crippen molar-refractivity contribution < 1.29 is 0 Å². The number of aromatic nitrogens is 2. The van der Waals surface area contributed by atoms with Gasteiger partial charge >= 0.3 is 0 Å². The number of unbranched alkanes of at least 4 members (excludes halogenated alkanes) is 2. The zero-order valence-electron chi connectivity index (χ0n) is 13.4. The minimum atomic E-state index is 1.12. The number of hydrogen-bond acceptors (Lipinski definition) is 2. The first-order valence-corrected chi connectivity index (χ1v) is 8.99. The average Bonchev–Trinajstić information content (AvgIpc) is 2.82. The molecular weight excluding hydrogens is 276 g/mol. The molecule has 0 N–H and O–H groups in total. The third kappa shape index (κ3) is 4.13. The lowest BCUT2D eigenvalue weighted by molar-refractivity contribution is 0.621. The van der Waals surface area contributed by atoms with Gasteiger partial charge in [0.2, 0.25) is 0 Å². The number of thioether (sulfide) groups is 1. The number of rotatable bonds is 8. The SMILES string of the molecule is CCCCSc1cn(CCCC)c(C)c1-c1cccnc1. The van der Waals surface area contributed by atoms with E-state index in [1.54, 1.807) is 0 Å². The lowest BCUT2D eigenvalue weighted by atomic mass is 10.1. The van der Waals surface area contributed by atoms with Gasteiger partial charge in [0.05, 0.1) is 0 Å². The highest BCUT2D eigenvalue weighted by molar-refractivity contribution is 7.99. The van der Waals surface area contributed by atoms with Crippen molar-refractivity contribution in [2.45, 2.75) is 57.9 Å². The van der Waals surface area contributed by atoms with Crippen LogP contribution >= 0.6 is 11.8 Å². The van der Waals surface area contributed by atoms with Gasteiger partial charge < -0.3 is 4.57 Å².